The lowest BCUT2D eigenvalue weighted by Gasteiger charge is -2.48. The molecule has 2 unspecified atom stereocenters. The molecule has 2 aliphatic rings. The molecule has 1 aromatic rings. The number of aryl methyl sites for hydroxylation is 1. The van der Waals surface area contributed by atoms with Crippen LogP contribution in [0.25, 0.3) is 0 Å². The van der Waals surface area contributed by atoms with Crippen molar-refractivity contribution in [3.8, 4) is 0 Å². The van der Waals surface area contributed by atoms with Crippen LogP contribution in [0.5, 0.6) is 0 Å². The van der Waals surface area contributed by atoms with E-state index < -0.39 is 0 Å². The van der Waals surface area contributed by atoms with Crippen LogP contribution < -0.4 is 5.73 Å². The predicted octanol–water partition coefficient (Wildman–Crippen LogP) is 3.48. The van der Waals surface area contributed by atoms with Gasteiger partial charge in [0, 0.05) is 12.6 Å². The molecule has 1 heterocycles. The maximum absolute atomic E-state index is 13.5. The number of nitrogens with two attached hydrogens (primary N) is 1. The zero-order valence-corrected chi connectivity index (χ0v) is 11.5. The molecule has 0 radical (unpaired) electrons. The van der Waals surface area contributed by atoms with Crippen LogP contribution in [0.1, 0.15) is 49.3 Å². The standard InChI is InChI=1S/C16H22FNO/c1-11-7-13(9-14(17)8-11)15(18)12-3-6-19-16(10-12)4-2-5-16/h7-9,12,15H,2-6,10,18H2,1H3. The van der Waals surface area contributed by atoms with E-state index in [1.54, 1.807) is 12.1 Å². The quantitative estimate of drug-likeness (QED) is 0.886. The van der Waals surface area contributed by atoms with Gasteiger partial charge in [-0.1, -0.05) is 6.07 Å². The third kappa shape index (κ3) is 2.54. The van der Waals surface area contributed by atoms with Gasteiger partial charge in [0.25, 0.3) is 0 Å². The van der Waals surface area contributed by atoms with Gasteiger partial charge >= 0.3 is 0 Å². The van der Waals surface area contributed by atoms with E-state index in [0.717, 1.165) is 30.6 Å². The van der Waals surface area contributed by atoms with Gasteiger partial charge in [-0.2, -0.15) is 0 Å². The van der Waals surface area contributed by atoms with Crippen LogP contribution in [-0.2, 0) is 4.74 Å². The average molecular weight is 263 g/mol. The molecule has 0 aromatic heterocycles. The molecule has 2 fully saturated rings. The van der Waals surface area contributed by atoms with E-state index in [9.17, 15) is 4.39 Å². The number of rotatable bonds is 2. The molecule has 3 rings (SSSR count). The summed E-state index contributed by atoms with van der Waals surface area (Å²) in [7, 11) is 0. The Balaban J connectivity index is 1.77. The van der Waals surface area contributed by atoms with Gasteiger partial charge in [0.05, 0.1) is 5.60 Å². The fraction of sp³-hybridized carbons (Fsp3) is 0.625. The Kier molecular flexibility index (Phi) is 3.35. The molecule has 1 spiro atoms. The van der Waals surface area contributed by atoms with E-state index >= 15 is 0 Å². The van der Waals surface area contributed by atoms with Crippen LogP contribution in [0.2, 0.25) is 0 Å². The largest absolute Gasteiger partial charge is 0.375 e. The second-order valence-electron chi connectivity index (χ2n) is 6.23. The first-order valence-corrected chi connectivity index (χ1v) is 7.25. The molecule has 2 nitrogen and oxygen atoms in total. The van der Waals surface area contributed by atoms with Crippen molar-refractivity contribution < 1.29 is 9.13 Å². The van der Waals surface area contributed by atoms with Crippen molar-refractivity contribution in [3.05, 3.63) is 35.1 Å². The zero-order valence-electron chi connectivity index (χ0n) is 11.5. The molecule has 1 aromatic carbocycles. The Morgan fingerprint density at radius 1 is 1.37 bits per heavy atom. The summed E-state index contributed by atoms with van der Waals surface area (Å²) in [4.78, 5) is 0. The molecule has 1 aliphatic carbocycles. The molecule has 104 valence electrons. The summed E-state index contributed by atoms with van der Waals surface area (Å²) in [6.07, 6.45) is 5.61. The van der Waals surface area contributed by atoms with E-state index in [1.165, 1.54) is 19.3 Å². The Bertz CT molecular complexity index is 450. The van der Waals surface area contributed by atoms with E-state index in [2.05, 4.69) is 0 Å². The minimum absolute atomic E-state index is 0.0734. The van der Waals surface area contributed by atoms with Crippen LogP contribution in [0.15, 0.2) is 18.2 Å². The first kappa shape index (κ1) is 13.1. The van der Waals surface area contributed by atoms with Crippen LogP contribution >= 0.6 is 0 Å². The summed E-state index contributed by atoms with van der Waals surface area (Å²) < 4.78 is 19.4. The second kappa shape index (κ2) is 4.88. The van der Waals surface area contributed by atoms with Crippen molar-refractivity contribution in [1.82, 2.24) is 0 Å². The zero-order chi connectivity index (χ0) is 13.5. The van der Waals surface area contributed by atoms with Gasteiger partial charge in [-0.3, -0.25) is 0 Å². The molecule has 2 N–H and O–H groups in total. The highest BCUT2D eigenvalue weighted by Crippen LogP contribution is 2.46. The van der Waals surface area contributed by atoms with Crippen molar-refractivity contribution in [2.75, 3.05) is 6.61 Å². The lowest BCUT2D eigenvalue weighted by atomic mass is 9.70. The minimum Gasteiger partial charge on any atom is -0.375 e. The van der Waals surface area contributed by atoms with Crippen molar-refractivity contribution in [2.24, 2.45) is 11.7 Å². The first-order valence-electron chi connectivity index (χ1n) is 7.25. The Hall–Kier alpha value is -0.930. The van der Waals surface area contributed by atoms with Gasteiger partial charge < -0.3 is 10.5 Å². The van der Waals surface area contributed by atoms with Crippen LogP contribution in [0.3, 0.4) is 0 Å². The maximum atomic E-state index is 13.5. The molecule has 1 saturated carbocycles. The summed E-state index contributed by atoms with van der Waals surface area (Å²) in [6.45, 7) is 2.71. The number of halogens is 1. The van der Waals surface area contributed by atoms with E-state index in [1.807, 2.05) is 13.0 Å². The molecule has 0 amide bonds. The average Bonchev–Trinajstić information content (AvgIpc) is 2.35. The molecule has 19 heavy (non-hydrogen) atoms. The highest BCUT2D eigenvalue weighted by atomic mass is 19.1. The molecule has 1 aliphatic heterocycles. The fourth-order valence-electron chi connectivity index (χ4n) is 3.52. The number of benzene rings is 1. The number of ether oxygens (including phenoxy) is 1. The van der Waals surface area contributed by atoms with Crippen molar-refractivity contribution in [3.63, 3.8) is 0 Å². The second-order valence-corrected chi connectivity index (χ2v) is 6.23. The Morgan fingerprint density at radius 2 is 2.16 bits per heavy atom. The van der Waals surface area contributed by atoms with Gasteiger partial charge in [-0.15, -0.1) is 0 Å². The predicted molar refractivity (Wildman–Crippen MR) is 73.3 cm³/mol. The lowest BCUT2D eigenvalue weighted by molar-refractivity contribution is -0.146. The van der Waals surface area contributed by atoms with Crippen molar-refractivity contribution >= 4 is 0 Å². The molecule has 0 bridgehead atoms. The van der Waals surface area contributed by atoms with Gasteiger partial charge in [0.1, 0.15) is 5.82 Å². The molecule has 3 heteroatoms. The van der Waals surface area contributed by atoms with Crippen LogP contribution in [-0.4, -0.2) is 12.2 Å². The highest BCUT2D eigenvalue weighted by Gasteiger charge is 2.43. The molecular formula is C16H22FNO. The third-order valence-corrected chi connectivity index (χ3v) is 4.75. The van der Waals surface area contributed by atoms with Crippen LogP contribution in [0, 0.1) is 18.7 Å². The van der Waals surface area contributed by atoms with E-state index in [4.69, 9.17) is 10.5 Å². The topological polar surface area (TPSA) is 35.2 Å². The summed E-state index contributed by atoms with van der Waals surface area (Å²) in [5.41, 5.74) is 8.36. The van der Waals surface area contributed by atoms with Gasteiger partial charge in [-0.05, 0) is 68.2 Å². The van der Waals surface area contributed by atoms with Crippen molar-refractivity contribution in [1.29, 1.82) is 0 Å². The fourth-order valence-corrected chi connectivity index (χ4v) is 3.52. The first-order chi connectivity index (χ1) is 9.08. The summed E-state index contributed by atoms with van der Waals surface area (Å²) in [5, 5.41) is 0. The number of hydrogen-bond acceptors (Lipinski definition) is 2. The normalized spacial score (nSPS) is 27.0. The molecule has 1 saturated heterocycles. The SMILES string of the molecule is Cc1cc(F)cc(C(N)C2CCOC3(CCC3)C2)c1. The van der Waals surface area contributed by atoms with Gasteiger partial charge in [0.15, 0.2) is 0 Å². The monoisotopic (exact) mass is 263 g/mol. The van der Waals surface area contributed by atoms with Gasteiger partial charge in [-0.25, -0.2) is 4.39 Å². The summed E-state index contributed by atoms with van der Waals surface area (Å²) in [6, 6.07) is 5.07. The Labute approximate surface area is 114 Å². The van der Waals surface area contributed by atoms with E-state index in [-0.39, 0.29) is 17.5 Å². The van der Waals surface area contributed by atoms with Gasteiger partial charge in [0.2, 0.25) is 0 Å². The third-order valence-electron chi connectivity index (χ3n) is 4.75. The van der Waals surface area contributed by atoms with E-state index in [0.29, 0.717) is 5.92 Å². The van der Waals surface area contributed by atoms with Crippen LogP contribution in [0.4, 0.5) is 4.39 Å². The smallest absolute Gasteiger partial charge is 0.123 e. The number of hydrogen-bond donors (Lipinski definition) is 1. The summed E-state index contributed by atoms with van der Waals surface area (Å²) in [5.74, 6) is 0.228. The molecule has 2 atom stereocenters. The molecular weight excluding hydrogens is 241 g/mol. The Morgan fingerprint density at radius 3 is 2.79 bits per heavy atom. The van der Waals surface area contributed by atoms with Crippen molar-refractivity contribution in [2.45, 2.75) is 50.7 Å². The summed E-state index contributed by atoms with van der Waals surface area (Å²) >= 11 is 0. The maximum Gasteiger partial charge on any atom is 0.123 e. The lowest BCUT2D eigenvalue weighted by Crippen LogP contribution is -2.47. The minimum atomic E-state index is -0.184. The highest BCUT2D eigenvalue weighted by molar-refractivity contribution is 5.26.